The minimum atomic E-state index is -4.80. The van der Waals surface area contributed by atoms with Crippen LogP contribution < -0.4 is 20.3 Å². The topological polar surface area (TPSA) is 227 Å². The van der Waals surface area contributed by atoms with E-state index in [0.29, 0.717) is 11.4 Å². The van der Waals surface area contributed by atoms with Crippen LogP contribution in [0.4, 0.5) is 34.9 Å². The summed E-state index contributed by atoms with van der Waals surface area (Å²) in [5.74, 6) is -0.133. The number of nitrogens with one attached hydrogen (secondary N) is 3. The van der Waals surface area contributed by atoms with Gasteiger partial charge in [0.2, 0.25) is 17.8 Å². The minimum Gasteiger partial charge on any atom is -0.755 e. The van der Waals surface area contributed by atoms with Crippen LogP contribution >= 0.6 is 0 Å². The van der Waals surface area contributed by atoms with Gasteiger partial charge in [0.25, 0.3) is 20.2 Å². The first-order valence-electron chi connectivity index (χ1n) is 9.25. The molecule has 15 nitrogen and oxygen atoms in total. The molecule has 5 N–H and O–H groups in total. The summed E-state index contributed by atoms with van der Waals surface area (Å²) in [5, 5.41) is 5.39. The van der Waals surface area contributed by atoms with E-state index < -0.39 is 47.0 Å². The van der Waals surface area contributed by atoms with E-state index in [1.54, 1.807) is 14.1 Å². The van der Waals surface area contributed by atoms with Crippen molar-refractivity contribution < 1.29 is 34.7 Å². The normalized spacial score (nSPS) is 12.6. The molecule has 18 heteroatoms. The molecule has 0 aliphatic carbocycles. The van der Waals surface area contributed by atoms with Crippen molar-refractivity contribution in [1.82, 2.24) is 15.0 Å². The van der Waals surface area contributed by atoms with Crippen LogP contribution in [0.1, 0.15) is 0 Å². The van der Waals surface area contributed by atoms with Gasteiger partial charge in [0, 0.05) is 36.7 Å². The first-order chi connectivity index (χ1) is 16.2. The number of hydrogen-bond donors (Lipinski definition) is 5. The van der Waals surface area contributed by atoms with Crippen molar-refractivity contribution in [1.29, 1.82) is 0 Å². The van der Waals surface area contributed by atoms with Crippen molar-refractivity contribution in [2.45, 2.75) is 9.79 Å². The van der Waals surface area contributed by atoms with E-state index in [0.717, 1.165) is 18.2 Å². The second-order valence-electron chi connectivity index (χ2n) is 6.95. The fourth-order valence-electron chi connectivity index (χ4n) is 2.64. The molecule has 1 atom stereocenters. The molecule has 0 radical (unpaired) electrons. The smallest absolute Gasteiger partial charge is 0.296 e. The Hall–Kier alpha value is -3.42. The van der Waals surface area contributed by atoms with E-state index >= 15 is 0 Å². The van der Waals surface area contributed by atoms with Crippen LogP contribution in [-0.4, -0.2) is 63.8 Å². The predicted molar refractivity (Wildman–Crippen MR) is 126 cm³/mol. The molecule has 3 rings (SSSR count). The highest BCUT2D eigenvalue weighted by atomic mass is 32.2. The van der Waals surface area contributed by atoms with Crippen molar-refractivity contribution in [2.75, 3.05) is 34.4 Å². The lowest BCUT2D eigenvalue weighted by Crippen LogP contribution is -2.16. The van der Waals surface area contributed by atoms with Crippen LogP contribution in [0.15, 0.2) is 52.3 Å². The van der Waals surface area contributed by atoms with Crippen LogP contribution in [0.5, 0.6) is 0 Å². The Kier molecular flexibility index (Phi) is 7.53. The highest BCUT2D eigenvalue weighted by Gasteiger charge is 2.21. The van der Waals surface area contributed by atoms with Crippen molar-refractivity contribution in [3.63, 3.8) is 0 Å². The maximum Gasteiger partial charge on any atom is 0.296 e. The van der Waals surface area contributed by atoms with Gasteiger partial charge in [-0.1, -0.05) is 0 Å². The Labute approximate surface area is 202 Å². The average molecular weight is 545 g/mol. The van der Waals surface area contributed by atoms with Gasteiger partial charge in [0.1, 0.15) is 4.90 Å². The zero-order valence-corrected chi connectivity index (χ0v) is 20.3. The molecule has 1 heterocycles. The summed E-state index contributed by atoms with van der Waals surface area (Å²) < 4.78 is 89.0. The molecule has 35 heavy (non-hydrogen) atoms. The second kappa shape index (κ2) is 10.1. The fourth-order valence-corrected chi connectivity index (χ4v) is 4.10. The first kappa shape index (κ1) is 26.2. The fraction of sp³-hybridized carbons (Fsp3) is 0.118. The molecule has 0 spiro atoms. The molecule has 0 saturated heterocycles. The number of nitrogens with zero attached hydrogens (tertiary/aromatic N) is 4. The molecule has 1 aromatic heterocycles. The number of aromatic nitrogens is 3. The summed E-state index contributed by atoms with van der Waals surface area (Å²) in [7, 11) is -6.26. The maximum atomic E-state index is 11.8. The van der Waals surface area contributed by atoms with Crippen LogP contribution in [-0.2, 0) is 31.5 Å². The van der Waals surface area contributed by atoms with Crippen molar-refractivity contribution >= 4 is 66.4 Å². The predicted octanol–water partition coefficient (Wildman–Crippen LogP) is 1.12. The van der Waals surface area contributed by atoms with E-state index in [4.69, 9.17) is 0 Å². The molecule has 2 aromatic carbocycles. The molecule has 1 unspecified atom stereocenters. The van der Waals surface area contributed by atoms with Crippen LogP contribution in [0.2, 0.25) is 0 Å². The Balaban J connectivity index is 2.01. The number of rotatable bonds is 9. The van der Waals surface area contributed by atoms with E-state index in [2.05, 4.69) is 30.3 Å². The SMILES string of the molecule is CN(C)c1nc(Nc2ccc(NS(=O)[O-])cc2)nc(Nc2cc(S(=O)(=O)O)ccc2S(=O)(=O)O)n1. The summed E-state index contributed by atoms with van der Waals surface area (Å²) in [4.78, 5) is 12.6. The Bertz CT molecular complexity index is 1480. The van der Waals surface area contributed by atoms with E-state index in [9.17, 15) is 34.7 Å². The third-order valence-electron chi connectivity index (χ3n) is 4.14. The molecule has 0 aliphatic rings. The quantitative estimate of drug-likeness (QED) is 0.188. The van der Waals surface area contributed by atoms with Crippen molar-refractivity contribution in [3.05, 3.63) is 42.5 Å². The Morgan fingerprint density at radius 2 is 1.43 bits per heavy atom. The molecular formula is C17H18N7O8S3-. The molecule has 3 aromatic rings. The second-order valence-corrected chi connectivity index (χ2v) is 10.4. The molecule has 0 amide bonds. The van der Waals surface area contributed by atoms with E-state index in [1.807, 2.05) is 0 Å². The first-order valence-corrected chi connectivity index (χ1v) is 13.2. The minimum absolute atomic E-state index is 0.0151. The summed E-state index contributed by atoms with van der Waals surface area (Å²) >= 11 is -2.49. The zero-order valence-electron chi connectivity index (χ0n) is 17.9. The van der Waals surface area contributed by atoms with Gasteiger partial charge < -0.3 is 24.8 Å². The molecular weight excluding hydrogens is 526 g/mol. The summed E-state index contributed by atoms with van der Waals surface area (Å²) in [6, 6.07) is 8.40. The van der Waals surface area contributed by atoms with Crippen LogP contribution in [0.3, 0.4) is 0 Å². The molecule has 0 fully saturated rings. The van der Waals surface area contributed by atoms with Crippen molar-refractivity contribution in [2.24, 2.45) is 0 Å². The molecule has 0 aliphatic heterocycles. The lowest BCUT2D eigenvalue weighted by atomic mass is 10.3. The number of anilines is 6. The van der Waals surface area contributed by atoms with Crippen molar-refractivity contribution in [3.8, 4) is 0 Å². The number of benzene rings is 2. The van der Waals surface area contributed by atoms with Gasteiger partial charge in [-0.2, -0.15) is 31.8 Å². The lowest BCUT2D eigenvalue weighted by molar-refractivity contribution is 0.479. The van der Waals surface area contributed by atoms with Gasteiger partial charge in [-0.25, -0.2) is 0 Å². The Morgan fingerprint density at radius 3 is 1.94 bits per heavy atom. The largest absolute Gasteiger partial charge is 0.755 e. The molecule has 0 saturated carbocycles. The Morgan fingerprint density at radius 1 is 0.857 bits per heavy atom. The molecule has 188 valence electrons. The summed E-state index contributed by atoms with van der Waals surface area (Å²) in [5.41, 5.74) is 0.346. The average Bonchev–Trinajstić information content (AvgIpc) is 2.73. The van der Waals surface area contributed by atoms with Gasteiger partial charge in [0.05, 0.1) is 10.6 Å². The highest BCUT2D eigenvalue weighted by molar-refractivity contribution is 7.86. The van der Waals surface area contributed by atoms with E-state index in [1.165, 1.54) is 29.2 Å². The van der Waals surface area contributed by atoms with Gasteiger partial charge >= 0.3 is 0 Å². The summed E-state index contributed by atoms with van der Waals surface area (Å²) in [6.07, 6.45) is 0. The number of hydrogen-bond acceptors (Lipinski definition) is 12. The third-order valence-corrected chi connectivity index (χ3v) is 6.30. The summed E-state index contributed by atoms with van der Waals surface area (Å²) in [6.45, 7) is 0. The van der Waals surface area contributed by atoms with Gasteiger partial charge in [0.15, 0.2) is 0 Å². The monoisotopic (exact) mass is 544 g/mol. The zero-order chi connectivity index (χ0) is 26.0. The van der Waals surface area contributed by atoms with Crippen LogP contribution in [0, 0.1) is 0 Å². The standard InChI is InChI=1S/C17H19N7O8S3/c1-24(2)17-21-15(18-10-3-5-11(6-4-10)23-33(25)26)20-16(22-17)19-13-9-12(34(27,28)29)7-8-14(13)35(30,31)32/h3-9,23H,1-2H3,(H,25,26)(H,27,28,29)(H,30,31,32)(H2,18,19,20,21,22)/p-1. The van der Waals surface area contributed by atoms with E-state index in [-0.39, 0.29) is 17.8 Å². The molecule has 0 bridgehead atoms. The maximum absolute atomic E-state index is 11.8. The third kappa shape index (κ3) is 7.04. The van der Waals surface area contributed by atoms with Gasteiger partial charge in [-0.15, -0.1) is 0 Å². The lowest BCUT2D eigenvalue weighted by Gasteiger charge is -2.15. The van der Waals surface area contributed by atoms with Crippen LogP contribution in [0.25, 0.3) is 0 Å². The van der Waals surface area contributed by atoms with Gasteiger partial charge in [-0.05, 0) is 42.5 Å². The highest BCUT2D eigenvalue weighted by Crippen LogP contribution is 2.28. The van der Waals surface area contributed by atoms with Gasteiger partial charge in [-0.3, -0.25) is 13.3 Å².